The van der Waals surface area contributed by atoms with E-state index >= 15 is 0 Å². The number of carboxylic acids is 1. The maximum Gasteiger partial charge on any atom is 0.328 e. The number of phenols is 1. The molecule has 12 heteroatoms. The van der Waals surface area contributed by atoms with Crippen LogP contribution in [0.5, 0.6) is 17.2 Å². The monoisotopic (exact) mass is 509 g/mol. The maximum absolute atomic E-state index is 12.5. The summed E-state index contributed by atoms with van der Waals surface area (Å²) in [4.78, 5) is 40.4. The number of aromatic hydroxyl groups is 1. The summed E-state index contributed by atoms with van der Waals surface area (Å²) in [7, 11) is 1.51. The molecule has 12 nitrogen and oxygen atoms in total. The first kappa shape index (κ1) is 26.6. The van der Waals surface area contributed by atoms with E-state index in [1.165, 1.54) is 25.3 Å². The summed E-state index contributed by atoms with van der Waals surface area (Å²) in [6.07, 6.45) is 1.66. The van der Waals surface area contributed by atoms with Gasteiger partial charge in [-0.15, -0.1) is 0 Å². The van der Waals surface area contributed by atoms with Crippen LogP contribution in [0.4, 0.5) is 16.3 Å². The van der Waals surface area contributed by atoms with Crippen molar-refractivity contribution in [3.05, 3.63) is 72.4 Å². The lowest BCUT2D eigenvalue weighted by Crippen LogP contribution is -2.49. The molecule has 0 aliphatic carbocycles. The number of carboxylic acid groups (broad SMARTS) is 1. The second kappa shape index (κ2) is 13.2. The molecule has 0 aliphatic heterocycles. The van der Waals surface area contributed by atoms with E-state index in [0.29, 0.717) is 29.5 Å². The van der Waals surface area contributed by atoms with Gasteiger partial charge >= 0.3 is 12.0 Å². The molecule has 37 heavy (non-hydrogen) atoms. The SMILES string of the molecule is COc1ccc(NC(=O)N[C@@H](CNC(=O)c2ccc(OCCNc3ccccn3)cc2O)C(=O)O)cc1. The topological polar surface area (TPSA) is 171 Å². The number of amides is 3. The molecular formula is C25H27N5O7. The van der Waals surface area contributed by atoms with Crippen molar-refractivity contribution in [2.75, 3.05) is 37.4 Å². The van der Waals surface area contributed by atoms with Crippen LogP contribution in [-0.2, 0) is 4.79 Å². The Morgan fingerprint density at radius 3 is 2.43 bits per heavy atom. The minimum Gasteiger partial charge on any atom is -0.507 e. The molecule has 6 N–H and O–H groups in total. The molecule has 0 fully saturated rings. The van der Waals surface area contributed by atoms with Gasteiger partial charge in [-0.05, 0) is 48.5 Å². The number of urea groups is 1. The van der Waals surface area contributed by atoms with Crippen molar-refractivity contribution in [2.45, 2.75) is 6.04 Å². The van der Waals surface area contributed by atoms with Gasteiger partial charge in [-0.2, -0.15) is 0 Å². The highest BCUT2D eigenvalue weighted by Gasteiger charge is 2.22. The molecule has 1 aromatic heterocycles. The van der Waals surface area contributed by atoms with Gasteiger partial charge < -0.3 is 41.0 Å². The van der Waals surface area contributed by atoms with Gasteiger partial charge in [0.25, 0.3) is 5.91 Å². The number of methoxy groups -OCH3 is 1. The first-order valence-electron chi connectivity index (χ1n) is 11.2. The number of carbonyl (C=O) groups excluding carboxylic acids is 2. The highest BCUT2D eigenvalue weighted by atomic mass is 16.5. The second-order valence-electron chi connectivity index (χ2n) is 7.60. The van der Waals surface area contributed by atoms with Gasteiger partial charge in [0.1, 0.15) is 35.7 Å². The molecule has 0 aliphatic rings. The average Bonchev–Trinajstić information content (AvgIpc) is 2.89. The summed E-state index contributed by atoms with van der Waals surface area (Å²) < 4.78 is 10.6. The number of phenolic OH excluding ortho intramolecular Hbond substituents is 1. The summed E-state index contributed by atoms with van der Waals surface area (Å²) in [5, 5.41) is 29.9. The van der Waals surface area contributed by atoms with Gasteiger partial charge in [0.2, 0.25) is 0 Å². The Hall–Kier alpha value is -5.00. The average molecular weight is 510 g/mol. The predicted octanol–water partition coefficient (Wildman–Crippen LogP) is 2.29. The van der Waals surface area contributed by atoms with Crippen molar-refractivity contribution >= 4 is 29.4 Å². The molecule has 0 unspecified atom stereocenters. The van der Waals surface area contributed by atoms with E-state index in [9.17, 15) is 24.6 Å². The Morgan fingerprint density at radius 1 is 1.03 bits per heavy atom. The van der Waals surface area contributed by atoms with Gasteiger partial charge in [0.05, 0.1) is 19.2 Å². The van der Waals surface area contributed by atoms with Gasteiger partial charge in [0.15, 0.2) is 0 Å². The minimum absolute atomic E-state index is 0.0780. The van der Waals surface area contributed by atoms with E-state index in [0.717, 1.165) is 0 Å². The molecule has 2 aromatic carbocycles. The molecule has 1 atom stereocenters. The number of aliphatic carboxylic acids is 1. The van der Waals surface area contributed by atoms with Crippen LogP contribution in [0.25, 0.3) is 0 Å². The van der Waals surface area contributed by atoms with Crippen LogP contribution < -0.4 is 30.7 Å². The molecule has 3 rings (SSSR count). The van der Waals surface area contributed by atoms with E-state index in [2.05, 4.69) is 26.3 Å². The summed E-state index contributed by atoms with van der Waals surface area (Å²) >= 11 is 0. The van der Waals surface area contributed by atoms with Crippen molar-refractivity contribution in [2.24, 2.45) is 0 Å². The van der Waals surface area contributed by atoms with Crippen molar-refractivity contribution in [3.8, 4) is 17.2 Å². The highest BCUT2D eigenvalue weighted by Crippen LogP contribution is 2.23. The standard InChI is InChI=1S/C25H27N5O7/c1-36-17-7-5-16(6-8-17)29-25(35)30-20(24(33)34)15-28-23(32)19-10-9-18(14-21(19)31)37-13-12-27-22-4-2-3-11-26-22/h2-11,14,20,31H,12-13,15H2,1H3,(H,26,27)(H,28,32)(H,33,34)(H2,29,30,35)/t20-/m0/s1. The van der Waals surface area contributed by atoms with Gasteiger partial charge in [-0.25, -0.2) is 14.6 Å². The van der Waals surface area contributed by atoms with Crippen LogP contribution in [0.15, 0.2) is 66.9 Å². The lowest BCUT2D eigenvalue weighted by atomic mass is 10.1. The third kappa shape index (κ3) is 8.31. The van der Waals surface area contributed by atoms with Crippen molar-refractivity contribution < 1.29 is 34.1 Å². The normalized spacial score (nSPS) is 11.1. The van der Waals surface area contributed by atoms with Gasteiger partial charge in [-0.3, -0.25) is 4.79 Å². The van der Waals surface area contributed by atoms with Crippen molar-refractivity contribution in [3.63, 3.8) is 0 Å². The van der Waals surface area contributed by atoms with Crippen LogP contribution in [-0.4, -0.2) is 66.0 Å². The van der Waals surface area contributed by atoms with Crippen LogP contribution in [0, 0.1) is 0 Å². The number of ether oxygens (including phenoxy) is 2. The summed E-state index contributed by atoms with van der Waals surface area (Å²) in [5.41, 5.74) is 0.344. The lowest BCUT2D eigenvalue weighted by molar-refractivity contribution is -0.138. The fraction of sp³-hybridized carbons (Fsp3) is 0.200. The number of benzene rings is 2. The van der Waals surface area contributed by atoms with Gasteiger partial charge in [0, 0.05) is 24.5 Å². The molecule has 3 aromatic rings. The predicted molar refractivity (Wildman–Crippen MR) is 135 cm³/mol. The fourth-order valence-electron chi connectivity index (χ4n) is 3.10. The maximum atomic E-state index is 12.5. The summed E-state index contributed by atoms with van der Waals surface area (Å²) in [5.74, 6) is -0.769. The molecular weight excluding hydrogens is 482 g/mol. The smallest absolute Gasteiger partial charge is 0.328 e. The Bertz CT molecular complexity index is 1210. The number of pyridine rings is 1. The zero-order chi connectivity index (χ0) is 26.6. The lowest BCUT2D eigenvalue weighted by Gasteiger charge is -2.16. The van der Waals surface area contributed by atoms with Crippen LogP contribution in [0.2, 0.25) is 0 Å². The number of carbonyl (C=O) groups is 3. The number of nitrogens with zero attached hydrogens (tertiary/aromatic N) is 1. The first-order chi connectivity index (χ1) is 17.9. The van der Waals surface area contributed by atoms with Crippen LogP contribution in [0.1, 0.15) is 10.4 Å². The molecule has 194 valence electrons. The molecule has 0 saturated heterocycles. The molecule has 0 radical (unpaired) electrons. The number of aromatic nitrogens is 1. The zero-order valence-corrected chi connectivity index (χ0v) is 19.9. The Kier molecular flexibility index (Phi) is 9.48. The largest absolute Gasteiger partial charge is 0.507 e. The van der Waals surface area contributed by atoms with E-state index in [1.54, 1.807) is 36.5 Å². The summed E-state index contributed by atoms with van der Waals surface area (Å²) in [6.45, 7) is 0.336. The Balaban J connectivity index is 1.47. The molecule has 0 bridgehead atoms. The van der Waals surface area contributed by atoms with Crippen molar-refractivity contribution in [1.29, 1.82) is 0 Å². The summed E-state index contributed by atoms with van der Waals surface area (Å²) in [6, 6.07) is 13.9. The number of anilines is 2. The number of hydrogen-bond donors (Lipinski definition) is 6. The highest BCUT2D eigenvalue weighted by molar-refractivity contribution is 5.97. The minimum atomic E-state index is -1.42. The first-order valence-corrected chi connectivity index (χ1v) is 11.2. The van der Waals surface area contributed by atoms with Crippen LogP contribution >= 0.6 is 0 Å². The number of nitrogens with one attached hydrogen (secondary N) is 4. The fourth-order valence-corrected chi connectivity index (χ4v) is 3.10. The molecule has 0 spiro atoms. The molecule has 1 heterocycles. The van der Waals surface area contributed by atoms with E-state index in [4.69, 9.17) is 9.47 Å². The van der Waals surface area contributed by atoms with Crippen LogP contribution in [0.3, 0.4) is 0 Å². The molecule has 3 amide bonds. The van der Waals surface area contributed by atoms with Gasteiger partial charge in [-0.1, -0.05) is 6.07 Å². The van der Waals surface area contributed by atoms with E-state index < -0.39 is 30.5 Å². The number of hydrogen-bond acceptors (Lipinski definition) is 8. The second-order valence-corrected chi connectivity index (χ2v) is 7.60. The third-order valence-electron chi connectivity index (χ3n) is 4.97. The Morgan fingerprint density at radius 2 is 1.78 bits per heavy atom. The van der Waals surface area contributed by atoms with E-state index in [-0.39, 0.29) is 17.9 Å². The number of rotatable bonds is 12. The molecule has 0 saturated carbocycles. The third-order valence-corrected chi connectivity index (χ3v) is 4.97. The zero-order valence-electron chi connectivity index (χ0n) is 19.9. The van der Waals surface area contributed by atoms with Crippen molar-refractivity contribution in [1.82, 2.24) is 15.6 Å². The Labute approximate surface area is 212 Å². The quantitative estimate of drug-likeness (QED) is 0.200. The van der Waals surface area contributed by atoms with E-state index in [1.807, 2.05) is 12.1 Å².